The first-order valence-electron chi connectivity index (χ1n) is 6.67. The molecular weight excluding hydrogens is 210 g/mol. The number of nitrogens with zero attached hydrogens (tertiary/aromatic N) is 1. The van der Waals surface area contributed by atoms with Gasteiger partial charge in [-0.1, -0.05) is 29.9 Å². The maximum Gasteiger partial charge on any atom is 0.0922 e. The topological polar surface area (TPSA) is 12.5 Å². The average molecular weight is 231 g/mol. The van der Waals surface area contributed by atoms with Crippen LogP contribution < -0.4 is 0 Å². The molecule has 0 radical (unpaired) electrons. The molecule has 2 fully saturated rings. The Balaban J connectivity index is 1.91. The molecule has 2 bridgehead atoms. The third kappa shape index (κ3) is 2.12. The van der Waals surface area contributed by atoms with Crippen molar-refractivity contribution >= 4 is 0 Å². The highest BCUT2D eigenvalue weighted by atomic mass is 16.5. The van der Waals surface area contributed by atoms with Gasteiger partial charge < -0.3 is 9.64 Å². The maximum atomic E-state index is 6.28. The van der Waals surface area contributed by atoms with Crippen LogP contribution in [0.3, 0.4) is 0 Å². The van der Waals surface area contributed by atoms with E-state index in [1.54, 1.807) is 0 Å². The van der Waals surface area contributed by atoms with Crippen LogP contribution in [0.5, 0.6) is 0 Å². The summed E-state index contributed by atoms with van der Waals surface area (Å²) in [5.41, 5.74) is 3.07. The third-order valence-electron chi connectivity index (χ3n) is 4.34. The Morgan fingerprint density at radius 1 is 1.18 bits per heavy atom. The highest BCUT2D eigenvalue weighted by Crippen LogP contribution is 2.40. The minimum Gasteiger partial charge on any atom is -0.370 e. The molecule has 0 amide bonds. The number of piperidine rings is 1. The summed E-state index contributed by atoms with van der Waals surface area (Å²) in [6.07, 6.45) is 13.4. The second-order valence-electron chi connectivity index (χ2n) is 5.47. The molecule has 0 aromatic rings. The molecule has 0 unspecified atom stereocenters. The Morgan fingerprint density at radius 3 is 2.76 bits per heavy atom. The highest BCUT2D eigenvalue weighted by Gasteiger charge is 2.39. The van der Waals surface area contributed by atoms with Gasteiger partial charge in [-0.05, 0) is 38.3 Å². The number of rotatable bonds is 0. The van der Waals surface area contributed by atoms with Gasteiger partial charge in [-0.2, -0.15) is 0 Å². The molecule has 2 aliphatic heterocycles. The van der Waals surface area contributed by atoms with Crippen LogP contribution in [-0.2, 0) is 4.74 Å². The predicted molar refractivity (Wildman–Crippen MR) is 70.0 cm³/mol. The number of hydrogen-bond donors (Lipinski definition) is 0. The SMILES string of the molecule is CN1CCC2(CC1)OCCC1=CC=CC=C2C1. The summed E-state index contributed by atoms with van der Waals surface area (Å²) in [5, 5.41) is 0. The van der Waals surface area contributed by atoms with E-state index < -0.39 is 0 Å². The van der Waals surface area contributed by atoms with E-state index >= 15 is 0 Å². The van der Waals surface area contributed by atoms with E-state index in [4.69, 9.17) is 4.74 Å². The normalized spacial score (nSPS) is 28.3. The summed E-state index contributed by atoms with van der Waals surface area (Å²) in [7, 11) is 2.20. The van der Waals surface area contributed by atoms with Gasteiger partial charge in [0.15, 0.2) is 0 Å². The van der Waals surface area contributed by atoms with Crippen LogP contribution in [0, 0.1) is 0 Å². The van der Waals surface area contributed by atoms with Crippen LogP contribution in [0.4, 0.5) is 0 Å². The molecule has 2 heterocycles. The van der Waals surface area contributed by atoms with Gasteiger partial charge in [-0.3, -0.25) is 0 Å². The Kier molecular flexibility index (Phi) is 2.93. The van der Waals surface area contributed by atoms with E-state index in [1.807, 2.05) is 0 Å². The number of ether oxygens (including phenoxy) is 1. The van der Waals surface area contributed by atoms with E-state index in [0.29, 0.717) is 0 Å². The van der Waals surface area contributed by atoms with Crippen molar-refractivity contribution < 1.29 is 4.74 Å². The van der Waals surface area contributed by atoms with Gasteiger partial charge in [0.2, 0.25) is 0 Å². The van der Waals surface area contributed by atoms with E-state index in [2.05, 4.69) is 36.3 Å². The van der Waals surface area contributed by atoms with Crippen molar-refractivity contribution in [2.45, 2.75) is 31.3 Å². The standard InChI is InChI=1S/C15H21NO/c1-16-9-7-15(8-10-16)14-5-3-2-4-13(12-14)6-11-17-15/h2-5H,6-12H2,1H3. The molecule has 2 heteroatoms. The van der Waals surface area contributed by atoms with Gasteiger partial charge in [0, 0.05) is 13.1 Å². The molecule has 0 aromatic carbocycles. The summed E-state index contributed by atoms with van der Waals surface area (Å²) >= 11 is 0. The first kappa shape index (κ1) is 11.2. The number of likely N-dealkylation sites (tertiary alicyclic amines) is 1. The van der Waals surface area contributed by atoms with E-state index in [-0.39, 0.29) is 5.60 Å². The Morgan fingerprint density at radius 2 is 1.94 bits per heavy atom. The summed E-state index contributed by atoms with van der Waals surface area (Å²) in [4.78, 5) is 2.41. The molecule has 0 atom stereocenters. The van der Waals surface area contributed by atoms with Crippen molar-refractivity contribution in [2.75, 3.05) is 26.7 Å². The molecular formula is C15H21NO. The van der Waals surface area contributed by atoms with Crippen LogP contribution in [0.2, 0.25) is 0 Å². The minimum atomic E-state index is 0.0385. The van der Waals surface area contributed by atoms with Gasteiger partial charge in [0.25, 0.3) is 0 Å². The lowest BCUT2D eigenvalue weighted by molar-refractivity contribution is -0.0495. The van der Waals surface area contributed by atoms with Gasteiger partial charge in [-0.25, -0.2) is 0 Å². The predicted octanol–water partition coefficient (Wildman–Crippen LogP) is 2.68. The largest absolute Gasteiger partial charge is 0.370 e. The quantitative estimate of drug-likeness (QED) is 0.635. The van der Waals surface area contributed by atoms with Crippen molar-refractivity contribution in [3.63, 3.8) is 0 Å². The molecule has 0 aromatic heterocycles. The van der Waals surface area contributed by atoms with E-state index in [1.165, 1.54) is 11.1 Å². The lowest BCUT2D eigenvalue weighted by atomic mass is 9.81. The van der Waals surface area contributed by atoms with Gasteiger partial charge >= 0.3 is 0 Å². The summed E-state index contributed by atoms with van der Waals surface area (Å²) in [6, 6.07) is 0. The summed E-state index contributed by atoms with van der Waals surface area (Å²) < 4.78 is 6.28. The van der Waals surface area contributed by atoms with Crippen LogP contribution in [0.15, 0.2) is 35.5 Å². The third-order valence-corrected chi connectivity index (χ3v) is 4.34. The fourth-order valence-electron chi connectivity index (χ4n) is 3.13. The Labute approximate surface area is 104 Å². The first-order valence-corrected chi connectivity index (χ1v) is 6.67. The van der Waals surface area contributed by atoms with Crippen molar-refractivity contribution in [3.8, 4) is 0 Å². The zero-order valence-corrected chi connectivity index (χ0v) is 10.6. The molecule has 1 aliphatic carbocycles. The maximum absolute atomic E-state index is 6.28. The van der Waals surface area contributed by atoms with Crippen LogP contribution in [0.1, 0.15) is 25.7 Å². The number of hydrogen-bond acceptors (Lipinski definition) is 2. The first-order chi connectivity index (χ1) is 8.28. The molecule has 3 aliphatic rings. The zero-order chi connectivity index (χ0) is 11.7. The van der Waals surface area contributed by atoms with Crippen molar-refractivity contribution in [2.24, 2.45) is 0 Å². The van der Waals surface area contributed by atoms with Crippen LogP contribution in [-0.4, -0.2) is 37.2 Å². The van der Waals surface area contributed by atoms with Crippen molar-refractivity contribution in [3.05, 3.63) is 35.5 Å². The van der Waals surface area contributed by atoms with Gasteiger partial charge in [0.05, 0.1) is 12.2 Å². The lowest BCUT2D eigenvalue weighted by Gasteiger charge is -2.41. The monoisotopic (exact) mass is 231 g/mol. The molecule has 2 nitrogen and oxygen atoms in total. The highest BCUT2D eigenvalue weighted by molar-refractivity contribution is 5.35. The fraction of sp³-hybridized carbons (Fsp3) is 0.600. The molecule has 0 N–H and O–H groups in total. The number of allylic oxidation sites excluding steroid dienone is 4. The Bertz CT molecular complexity index is 384. The Hall–Kier alpha value is -0.860. The van der Waals surface area contributed by atoms with Gasteiger partial charge in [-0.15, -0.1) is 0 Å². The summed E-state index contributed by atoms with van der Waals surface area (Å²) in [5.74, 6) is 0. The molecule has 2 saturated heterocycles. The van der Waals surface area contributed by atoms with Gasteiger partial charge in [0.1, 0.15) is 0 Å². The smallest absolute Gasteiger partial charge is 0.0922 e. The van der Waals surface area contributed by atoms with Crippen LogP contribution >= 0.6 is 0 Å². The van der Waals surface area contributed by atoms with E-state index in [0.717, 1.165) is 45.4 Å². The lowest BCUT2D eigenvalue weighted by Crippen LogP contribution is -2.45. The molecule has 1 spiro atoms. The fourth-order valence-corrected chi connectivity index (χ4v) is 3.13. The second kappa shape index (κ2) is 4.43. The molecule has 17 heavy (non-hydrogen) atoms. The molecule has 0 saturated carbocycles. The summed E-state index contributed by atoms with van der Waals surface area (Å²) in [6.45, 7) is 3.20. The van der Waals surface area contributed by atoms with Crippen molar-refractivity contribution in [1.82, 2.24) is 4.90 Å². The second-order valence-corrected chi connectivity index (χ2v) is 5.47. The average Bonchev–Trinajstić information content (AvgIpc) is 2.66. The van der Waals surface area contributed by atoms with E-state index in [9.17, 15) is 0 Å². The minimum absolute atomic E-state index is 0.0385. The van der Waals surface area contributed by atoms with Crippen LogP contribution in [0.25, 0.3) is 0 Å². The van der Waals surface area contributed by atoms with Crippen molar-refractivity contribution in [1.29, 1.82) is 0 Å². The molecule has 3 rings (SSSR count). The molecule has 92 valence electrons. The number of fused-ring (bicyclic) bond motifs is 3. The zero-order valence-electron chi connectivity index (χ0n) is 10.6.